The molecule has 0 bridgehead atoms. The maximum absolute atomic E-state index is 12.5. The number of halogens is 1. The molecule has 0 spiro atoms. The van der Waals surface area contributed by atoms with Gasteiger partial charge in [0.2, 0.25) is 0 Å². The highest BCUT2D eigenvalue weighted by Crippen LogP contribution is 2.23. The van der Waals surface area contributed by atoms with Crippen molar-refractivity contribution in [3.8, 4) is 0 Å². The summed E-state index contributed by atoms with van der Waals surface area (Å²) in [5.74, 6) is 0.455. The molecule has 0 aliphatic carbocycles. The minimum atomic E-state index is -3.49. The van der Waals surface area contributed by atoms with Gasteiger partial charge in [-0.05, 0) is 31.9 Å². The Morgan fingerprint density at radius 1 is 1.26 bits per heavy atom. The average Bonchev–Trinajstić information content (AvgIpc) is 2.38. The molecular formula is C13H21ClN2O2S. The highest BCUT2D eigenvalue weighted by atomic mass is 35.5. The highest BCUT2D eigenvalue weighted by molar-refractivity contribution is 7.90. The van der Waals surface area contributed by atoms with E-state index in [-0.39, 0.29) is 0 Å². The predicted molar refractivity (Wildman–Crippen MR) is 81.1 cm³/mol. The molecule has 19 heavy (non-hydrogen) atoms. The Hall–Kier alpha value is -0.780. The summed E-state index contributed by atoms with van der Waals surface area (Å²) in [6, 6.07) is 7.48. The number of hydrogen-bond donors (Lipinski definition) is 0. The molecule has 0 amide bonds. The first kappa shape index (κ1) is 16.3. The molecule has 0 saturated carbocycles. The molecule has 1 rings (SSSR count). The van der Waals surface area contributed by atoms with Crippen molar-refractivity contribution in [2.45, 2.75) is 20.3 Å². The van der Waals surface area contributed by atoms with Gasteiger partial charge in [0.1, 0.15) is 0 Å². The molecule has 0 aromatic heterocycles. The largest absolute Gasteiger partial charge is 0.303 e. The predicted octanol–water partition coefficient (Wildman–Crippen LogP) is 2.63. The van der Waals surface area contributed by atoms with Gasteiger partial charge in [-0.3, -0.25) is 4.31 Å². The van der Waals surface area contributed by atoms with Gasteiger partial charge < -0.3 is 0 Å². The third kappa shape index (κ3) is 3.84. The molecule has 0 unspecified atom stereocenters. The van der Waals surface area contributed by atoms with E-state index in [0.717, 1.165) is 11.3 Å². The van der Waals surface area contributed by atoms with E-state index in [1.165, 1.54) is 8.61 Å². The Morgan fingerprint density at radius 2 is 1.89 bits per heavy atom. The molecule has 6 heteroatoms. The van der Waals surface area contributed by atoms with Crippen LogP contribution in [0.1, 0.15) is 18.9 Å². The first-order valence-electron chi connectivity index (χ1n) is 6.30. The van der Waals surface area contributed by atoms with Crippen molar-refractivity contribution >= 4 is 27.5 Å². The van der Waals surface area contributed by atoms with Gasteiger partial charge in [0.25, 0.3) is 0 Å². The van der Waals surface area contributed by atoms with Crippen molar-refractivity contribution in [1.82, 2.24) is 4.31 Å². The first-order chi connectivity index (χ1) is 8.95. The third-order valence-electron chi connectivity index (χ3n) is 2.95. The Labute approximate surface area is 121 Å². The number of rotatable bonds is 7. The molecule has 0 heterocycles. The monoisotopic (exact) mass is 304 g/mol. The summed E-state index contributed by atoms with van der Waals surface area (Å²) in [5.41, 5.74) is 1.67. The van der Waals surface area contributed by atoms with Crippen molar-refractivity contribution < 1.29 is 8.42 Å². The van der Waals surface area contributed by atoms with Gasteiger partial charge in [0.05, 0.1) is 5.69 Å². The van der Waals surface area contributed by atoms with Crippen LogP contribution >= 0.6 is 11.6 Å². The van der Waals surface area contributed by atoms with Crippen LogP contribution in [0.4, 0.5) is 5.69 Å². The Kier molecular flexibility index (Phi) is 6.10. The topological polar surface area (TPSA) is 40.6 Å². The van der Waals surface area contributed by atoms with Crippen molar-refractivity contribution in [1.29, 1.82) is 0 Å². The third-order valence-corrected chi connectivity index (χ3v) is 5.20. The van der Waals surface area contributed by atoms with E-state index in [0.29, 0.717) is 25.4 Å². The van der Waals surface area contributed by atoms with Gasteiger partial charge in [-0.1, -0.05) is 18.2 Å². The molecule has 0 atom stereocenters. The lowest BCUT2D eigenvalue weighted by Gasteiger charge is -2.29. The lowest BCUT2D eigenvalue weighted by molar-refractivity contribution is 0.466. The minimum Gasteiger partial charge on any atom is -0.258 e. The lowest BCUT2D eigenvalue weighted by atomic mass is 10.2. The second-order valence-corrected chi connectivity index (χ2v) is 6.66. The second kappa shape index (κ2) is 7.12. The van der Waals surface area contributed by atoms with E-state index < -0.39 is 10.2 Å². The quantitative estimate of drug-likeness (QED) is 0.727. The van der Waals surface area contributed by atoms with Crippen LogP contribution < -0.4 is 4.31 Å². The summed E-state index contributed by atoms with van der Waals surface area (Å²) >= 11 is 5.62. The van der Waals surface area contributed by atoms with E-state index in [1.807, 2.05) is 38.1 Å². The first-order valence-corrected chi connectivity index (χ1v) is 8.23. The summed E-state index contributed by atoms with van der Waals surface area (Å²) in [5, 5.41) is 0. The van der Waals surface area contributed by atoms with Crippen LogP contribution in [-0.2, 0) is 10.2 Å². The molecule has 4 nitrogen and oxygen atoms in total. The molecule has 1 aromatic rings. The van der Waals surface area contributed by atoms with E-state index in [4.69, 9.17) is 11.6 Å². The Bertz CT molecular complexity index is 505. The van der Waals surface area contributed by atoms with Crippen molar-refractivity contribution in [2.24, 2.45) is 0 Å². The van der Waals surface area contributed by atoms with Crippen LogP contribution in [0.25, 0.3) is 0 Å². The zero-order valence-corrected chi connectivity index (χ0v) is 13.2. The zero-order valence-electron chi connectivity index (χ0n) is 11.6. The zero-order chi connectivity index (χ0) is 14.5. The Morgan fingerprint density at radius 3 is 2.42 bits per heavy atom. The smallest absolute Gasteiger partial charge is 0.258 e. The lowest BCUT2D eigenvalue weighted by Crippen LogP contribution is -2.42. The second-order valence-electron chi connectivity index (χ2n) is 4.32. The number of anilines is 1. The fraction of sp³-hybridized carbons (Fsp3) is 0.538. The van der Waals surface area contributed by atoms with Crippen molar-refractivity contribution in [3.05, 3.63) is 29.8 Å². The van der Waals surface area contributed by atoms with Crippen molar-refractivity contribution in [2.75, 3.05) is 30.3 Å². The highest BCUT2D eigenvalue weighted by Gasteiger charge is 2.26. The summed E-state index contributed by atoms with van der Waals surface area (Å²) < 4.78 is 27.8. The minimum absolute atomic E-state index is 0.401. The van der Waals surface area contributed by atoms with Crippen LogP contribution in [0.2, 0.25) is 0 Å². The van der Waals surface area contributed by atoms with E-state index in [1.54, 1.807) is 7.05 Å². The van der Waals surface area contributed by atoms with Gasteiger partial charge in [-0.2, -0.15) is 12.7 Å². The molecular weight excluding hydrogens is 284 g/mol. The molecule has 0 aliphatic rings. The molecule has 0 fully saturated rings. The SMILES string of the molecule is CCN(c1ccccc1C)S(=O)(=O)N(C)CCCCl. The summed E-state index contributed by atoms with van der Waals surface area (Å²) in [6.45, 7) is 4.57. The van der Waals surface area contributed by atoms with Gasteiger partial charge in [-0.25, -0.2) is 0 Å². The summed E-state index contributed by atoms with van der Waals surface area (Å²) in [7, 11) is -1.90. The average molecular weight is 305 g/mol. The molecule has 0 radical (unpaired) electrons. The van der Waals surface area contributed by atoms with Crippen LogP contribution in [0.15, 0.2) is 24.3 Å². The molecule has 1 aromatic carbocycles. The maximum atomic E-state index is 12.5. The van der Waals surface area contributed by atoms with E-state index in [9.17, 15) is 8.42 Å². The molecule has 108 valence electrons. The van der Waals surface area contributed by atoms with Crippen LogP contribution in [0.3, 0.4) is 0 Å². The molecule has 0 saturated heterocycles. The van der Waals surface area contributed by atoms with Crippen LogP contribution in [-0.4, -0.2) is 38.7 Å². The summed E-state index contributed by atoms with van der Waals surface area (Å²) in [6.07, 6.45) is 0.641. The van der Waals surface area contributed by atoms with Gasteiger partial charge >= 0.3 is 10.2 Å². The van der Waals surface area contributed by atoms with Gasteiger partial charge in [-0.15, -0.1) is 11.6 Å². The Balaban J connectivity index is 3.06. The number of nitrogens with zero attached hydrogens (tertiary/aromatic N) is 2. The maximum Gasteiger partial charge on any atom is 0.303 e. The molecule has 0 N–H and O–H groups in total. The van der Waals surface area contributed by atoms with Gasteiger partial charge in [0, 0.05) is 26.0 Å². The van der Waals surface area contributed by atoms with Crippen molar-refractivity contribution in [3.63, 3.8) is 0 Å². The number of para-hydroxylation sites is 1. The van der Waals surface area contributed by atoms with E-state index >= 15 is 0 Å². The van der Waals surface area contributed by atoms with Crippen LogP contribution in [0, 0.1) is 6.92 Å². The number of alkyl halides is 1. The van der Waals surface area contributed by atoms with Crippen LogP contribution in [0.5, 0.6) is 0 Å². The van der Waals surface area contributed by atoms with Gasteiger partial charge in [0.15, 0.2) is 0 Å². The number of benzene rings is 1. The normalized spacial score (nSPS) is 11.8. The fourth-order valence-corrected chi connectivity index (χ4v) is 3.46. The van der Waals surface area contributed by atoms with E-state index in [2.05, 4.69) is 0 Å². The standard InChI is InChI=1S/C13H21ClN2O2S/c1-4-16(13-9-6-5-8-12(13)2)19(17,18)15(3)11-7-10-14/h5-6,8-9H,4,7,10-11H2,1-3H3. The molecule has 0 aliphatic heterocycles. The summed E-state index contributed by atoms with van der Waals surface area (Å²) in [4.78, 5) is 0. The number of hydrogen-bond acceptors (Lipinski definition) is 2. The number of aryl methyl sites for hydroxylation is 1. The fourth-order valence-electron chi connectivity index (χ4n) is 1.87.